The minimum Gasteiger partial charge on any atom is -0.477 e. The van der Waals surface area contributed by atoms with Crippen LogP contribution < -0.4 is 10.5 Å². The van der Waals surface area contributed by atoms with E-state index in [0.717, 1.165) is 29.7 Å². The first kappa shape index (κ1) is 9.46. The third kappa shape index (κ3) is 2.23. The second kappa shape index (κ2) is 3.96. The summed E-state index contributed by atoms with van der Waals surface area (Å²) in [6.07, 6.45) is 2.61. The van der Waals surface area contributed by atoms with Gasteiger partial charge in [-0.1, -0.05) is 6.07 Å². The van der Waals surface area contributed by atoms with Crippen LogP contribution in [0, 0.1) is 12.8 Å². The summed E-state index contributed by atoms with van der Waals surface area (Å²) in [4.78, 5) is 4.34. The molecule has 0 bridgehead atoms. The van der Waals surface area contributed by atoms with E-state index in [9.17, 15) is 0 Å². The number of nitrogens with two attached hydrogens (primary N) is 1. The molecule has 1 aromatic heterocycles. The Morgan fingerprint density at radius 2 is 2.29 bits per heavy atom. The van der Waals surface area contributed by atoms with Gasteiger partial charge in [0, 0.05) is 18.3 Å². The molecule has 1 saturated carbocycles. The Hall–Kier alpha value is -1.09. The topological polar surface area (TPSA) is 48.1 Å². The van der Waals surface area contributed by atoms with E-state index in [4.69, 9.17) is 10.5 Å². The first-order valence-electron chi connectivity index (χ1n) is 5.09. The molecule has 14 heavy (non-hydrogen) atoms. The molecule has 0 saturated heterocycles. The second-order valence-electron chi connectivity index (χ2n) is 3.85. The van der Waals surface area contributed by atoms with Gasteiger partial charge in [0.2, 0.25) is 5.88 Å². The molecule has 76 valence electrons. The molecule has 0 radical (unpaired) electrons. The Morgan fingerprint density at radius 3 is 2.86 bits per heavy atom. The van der Waals surface area contributed by atoms with E-state index in [-0.39, 0.29) is 0 Å². The fourth-order valence-corrected chi connectivity index (χ4v) is 1.35. The molecule has 0 atom stereocenters. The first-order chi connectivity index (χ1) is 6.79. The van der Waals surface area contributed by atoms with Crippen LogP contribution in [-0.2, 0) is 6.54 Å². The van der Waals surface area contributed by atoms with Gasteiger partial charge in [-0.3, -0.25) is 0 Å². The Balaban J connectivity index is 1.99. The van der Waals surface area contributed by atoms with Gasteiger partial charge in [-0.05, 0) is 31.2 Å². The van der Waals surface area contributed by atoms with E-state index >= 15 is 0 Å². The van der Waals surface area contributed by atoms with Crippen molar-refractivity contribution >= 4 is 0 Å². The van der Waals surface area contributed by atoms with Gasteiger partial charge in [-0.2, -0.15) is 0 Å². The highest BCUT2D eigenvalue weighted by atomic mass is 16.5. The molecule has 0 spiro atoms. The molecule has 1 aliphatic carbocycles. The summed E-state index contributed by atoms with van der Waals surface area (Å²) in [6.45, 7) is 3.32. The number of hydrogen-bond acceptors (Lipinski definition) is 3. The molecule has 1 heterocycles. The maximum atomic E-state index is 5.56. The van der Waals surface area contributed by atoms with E-state index < -0.39 is 0 Å². The maximum Gasteiger partial charge on any atom is 0.213 e. The lowest BCUT2D eigenvalue weighted by molar-refractivity contribution is 0.288. The van der Waals surface area contributed by atoms with E-state index in [1.807, 2.05) is 19.1 Å². The average Bonchev–Trinajstić information content (AvgIpc) is 2.98. The standard InChI is InChI=1S/C11H16N2O/c1-8-10(6-12)4-5-11(13-8)14-7-9-2-3-9/h4-5,9H,2-3,6-7,12H2,1H3. The normalized spacial score (nSPS) is 15.6. The summed E-state index contributed by atoms with van der Waals surface area (Å²) in [5.41, 5.74) is 7.61. The molecule has 2 rings (SSSR count). The smallest absolute Gasteiger partial charge is 0.213 e. The number of pyridine rings is 1. The van der Waals surface area contributed by atoms with E-state index in [1.54, 1.807) is 0 Å². The third-order valence-electron chi connectivity index (χ3n) is 2.55. The molecule has 1 fully saturated rings. The summed E-state index contributed by atoms with van der Waals surface area (Å²) < 4.78 is 5.56. The van der Waals surface area contributed by atoms with E-state index in [1.165, 1.54) is 12.8 Å². The summed E-state index contributed by atoms with van der Waals surface area (Å²) in [5, 5.41) is 0. The van der Waals surface area contributed by atoms with Crippen LogP contribution in [0.5, 0.6) is 5.88 Å². The largest absolute Gasteiger partial charge is 0.477 e. The summed E-state index contributed by atoms with van der Waals surface area (Å²) >= 11 is 0. The Labute approximate surface area is 84.3 Å². The Bertz CT molecular complexity index is 321. The number of rotatable bonds is 4. The van der Waals surface area contributed by atoms with Gasteiger partial charge in [0.05, 0.1) is 6.61 Å². The predicted octanol–water partition coefficient (Wildman–Crippen LogP) is 1.64. The lowest BCUT2D eigenvalue weighted by atomic mass is 10.2. The van der Waals surface area contributed by atoms with Crippen LogP contribution >= 0.6 is 0 Å². The fourth-order valence-electron chi connectivity index (χ4n) is 1.35. The van der Waals surface area contributed by atoms with Crippen LogP contribution in [0.2, 0.25) is 0 Å². The lowest BCUT2D eigenvalue weighted by Gasteiger charge is -2.07. The highest BCUT2D eigenvalue weighted by Crippen LogP contribution is 2.29. The van der Waals surface area contributed by atoms with Gasteiger partial charge in [0.1, 0.15) is 0 Å². The molecule has 0 amide bonds. The third-order valence-corrected chi connectivity index (χ3v) is 2.55. The molecule has 3 nitrogen and oxygen atoms in total. The fraction of sp³-hybridized carbons (Fsp3) is 0.545. The van der Waals surface area contributed by atoms with Gasteiger partial charge in [0.15, 0.2) is 0 Å². The van der Waals surface area contributed by atoms with Crippen LogP contribution in [0.25, 0.3) is 0 Å². The predicted molar refractivity (Wildman–Crippen MR) is 55.1 cm³/mol. The monoisotopic (exact) mass is 192 g/mol. The van der Waals surface area contributed by atoms with Crippen molar-refractivity contribution in [2.45, 2.75) is 26.3 Å². The number of aryl methyl sites for hydroxylation is 1. The van der Waals surface area contributed by atoms with E-state index in [0.29, 0.717) is 6.54 Å². The van der Waals surface area contributed by atoms with Crippen molar-refractivity contribution < 1.29 is 4.74 Å². The second-order valence-corrected chi connectivity index (χ2v) is 3.85. The van der Waals surface area contributed by atoms with Gasteiger partial charge >= 0.3 is 0 Å². The molecule has 2 N–H and O–H groups in total. The van der Waals surface area contributed by atoms with Crippen molar-refractivity contribution in [3.8, 4) is 5.88 Å². The number of ether oxygens (including phenoxy) is 1. The van der Waals surface area contributed by atoms with Crippen molar-refractivity contribution in [2.24, 2.45) is 11.7 Å². The van der Waals surface area contributed by atoms with Crippen molar-refractivity contribution in [3.05, 3.63) is 23.4 Å². The summed E-state index contributed by atoms with van der Waals surface area (Å²) in [5.74, 6) is 1.50. The molecule has 1 aliphatic rings. The van der Waals surface area contributed by atoms with E-state index in [2.05, 4.69) is 4.98 Å². The van der Waals surface area contributed by atoms with Gasteiger partial charge < -0.3 is 10.5 Å². The minimum atomic E-state index is 0.543. The van der Waals surface area contributed by atoms with Crippen LogP contribution in [0.3, 0.4) is 0 Å². The summed E-state index contributed by atoms with van der Waals surface area (Å²) in [7, 11) is 0. The Morgan fingerprint density at radius 1 is 1.50 bits per heavy atom. The zero-order valence-electron chi connectivity index (χ0n) is 8.49. The van der Waals surface area contributed by atoms with Gasteiger partial charge in [-0.15, -0.1) is 0 Å². The highest BCUT2D eigenvalue weighted by molar-refractivity contribution is 5.24. The number of aromatic nitrogens is 1. The zero-order chi connectivity index (χ0) is 9.97. The molecule has 0 aliphatic heterocycles. The molecular formula is C11H16N2O. The van der Waals surface area contributed by atoms with Crippen LogP contribution in [-0.4, -0.2) is 11.6 Å². The first-order valence-corrected chi connectivity index (χ1v) is 5.09. The minimum absolute atomic E-state index is 0.543. The number of nitrogens with zero attached hydrogens (tertiary/aromatic N) is 1. The lowest BCUT2D eigenvalue weighted by Crippen LogP contribution is -2.04. The average molecular weight is 192 g/mol. The maximum absolute atomic E-state index is 5.56. The molecule has 3 heteroatoms. The molecule has 0 unspecified atom stereocenters. The zero-order valence-corrected chi connectivity index (χ0v) is 8.49. The highest BCUT2D eigenvalue weighted by Gasteiger charge is 2.22. The molecule has 1 aromatic rings. The van der Waals surface area contributed by atoms with Crippen LogP contribution in [0.1, 0.15) is 24.1 Å². The quantitative estimate of drug-likeness (QED) is 0.788. The molecule has 0 aromatic carbocycles. The van der Waals surface area contributed by atoms with Crippen molar-refractivity contribution in [3.63, 3.8) is 0 Å². The van der Waals surface area contributed by atoms with Crippen molar-refractivity contribution in [1.29, 1.82) is 0 Å². The van der Waals surface area contributed by atoms with Crippen molar-refractivity contribution in [1.82, 2.24) is 4.98 Å². The molecular weight excluding hydrogens is 176 g/mol. The van der Waals surface area contributed by atoms with Gasteiger partial charge in [-0.25, -0.2) is 4.98 Å². The van der Waals surface area contributed by atoms with Crippen molar-refractivity contribution in [2.75, 3.05) is 6.61 Å². The Kier molecular flexibility index (Phi) is 2.68. The van der Waals surface area contributed by atoms with Crippen LogP contribution in [0.15, 0.2) is 12.1 Å². The SMILES string of the molecule is Cc1nc(OCC2CC2)ccc1CN. The van der Waals surface area contributed by atoms with Crippen LogP contribution in [0.4, 0.5) is 0 Å². The number of hydrogen-bond donors (Lipinski definition) is 1. The summed E-state index contributed by atoms with van der Waals surface area (Å²) in [6, 6.07) is 3.89. The van der Waals surface area contributed by atoms with Gasteiger partial charge in [0.25, 0.3) is 0 Å².